The standard InChI is InChI=1S/C24H39N3O4/c1-8-10-11-16-25-21(28)20(19-14-12-18(9-2)13-15-19)27(7)22(29)17(3)26-23(30)31-24(4,5)6/h12-15,17,20H,8-11,16H2,1-7H3,(H,25,28)(H,26,30). The number of likely N-dealkylation sites (N-methyl/N-ethyl adjacent to an activating group) is 1. The third kappa shape index (κ3) is 8.99. The molecule has 0 heterocycles. The summed E-state index contributed by atoms with van der Waals surface area (Å²) in [6.07, 6.45) is 3.19. The lowest BCUT2D eigenvalue weighted by atomic mass is 10.0. The lowest BCUT2D eigenvalue weighted by Crippen LogP contribution is -2.50. The first-order valence-electron chi connectivity index (χ1n) is 11.1. The highest BCUT2D eigenvalue weighted by Gasteiger charge is 2.32. The molecule has 31 heavy (non-hydrogen) atoms. The maximum atomic E-state index is 13.0. The topological polar surface area (TPSA) is 87.7 Å². The fourth-order valence-electron chi connectivity index (χ4n) is 3.15. The highest BCUT2D eigenvalue weighted by atomic mass is 16.6. The average molecular weight is 434 g/mol. The molecule has 0 aliphatic heterocycles. The molecule has 0 saturated carbocycles. The molecule has 0 aliphatic rings. The van der Waals surface area contributed by atoms with Crippen LogP contribution in [0.5, 0.6) is 0 Å². The Labute approximate surface area is 186 Å². The highest BCUT2D eigenvalue weighted by molar-refractivity contribution is 5.91. The first-order valence-corrected chi connectivity index (χ1v) is 11.1. The summed E-state index contributed by atoms with van der Waals surface area (Å²) in [7, 11) is 1.58. The second-order valence-electron chi connectivity index (χ2n) is 8.81. The fourth-order valence-corrected chi connectivity index (χ4v) is 3.15. The van der Waals surface area contributed by atoms with E-state index in [1.165, 1.54) is 4.90 Å². The molecule has 174 valence electrons. The van der Waals surface area contributed by atoms with E-state index in [4.69, 9.17) is 4.74 Å². The zero-order chi connectivity index (χ0) is 23.6. The number of unbranched alkanes of at least 4 members (excludes halogenated alkanes) is 2. The van der Waals surface area contributed by atoms with Gasteiger partial charge in [-0.15, -0.1) is 0 Å². The number of alkyl carbamates (subject to hydrolysis) is 1. The highest BCUT2D eigenvalue weighted by Crippen LogP contribution is 2.22. The van der Waals surface area contributed by atoms with E-state index in [0.717, 1.165) is 36.8 Å². The zero-order valence-corrected chi connectivity index (χ0v) is 20.1. The molecular formula is C24H39N3O4. The molecule has 0 radical (unpaired) electrons. The molecule has 2 N–H and O–H groups in total. The molecule has 0 bridgehead atoms. The molecular weight excluding hydrogens is 394 g/mol. The van der Waals surface area contributed by atoms with Gasteiger partial charge in [0.1, 0.15) is 17.7 Å². The van der Waals surface area contributed by atoms with E-state index in [0.29, 0.717) is 6.54 Å². The molecule has 0 aromatic heterocycles. The second kappa shape index (κ2) is 12.3. The molecule has 7 nitrogen and oxygen atoms in total. The SMILES string of the molecule is CCCCCNC(=O)C(c1ccc(CC)cc1)N(C)C(=O)C(C)NC(=O)OC(C)(C)C. The molecule has 0 aliphatic carbocycles. The number of hydrogen-bond acceptors (Lipinski definition) is 4. The van der Waals surface area contributed by atoms with Gasteiger partial charge in [0.15, 0.2) is 0 Å². The number of nitrogens with zero attached hydrogens (tertiary/aromatic N) is 1. The van der Waals surface area contributed by atoms with Gasteiger partial charge in [0.25, 0.3) is 0 Å². The summed E-state index contributed by atoms with van der Waals surface area (Å²) in [5.41, 5.74) is 1.21. The van der Waals surface area contributed by atoms with Gasteiger partial charge in [0.2, 0.25) is 11.8 Å². The van der Waals surface area contributed by atoms with E-state index in [2.05, 4.69) is 24.5 Å². The lowest BCUT2D eigenvalue weighted by molar-refractivity contribution is -0.140. The third-order valence-electron chi connectivity index (χ3n) is 4.87. The van der Waals surface area contributed by atoms with E-state index < -0.39 is 23.8 Å². The second-order valence-corrected chi connectivity index (χ2v) is 8.81. The summed E-state index contributed by atoms with van der Waals surface area (Å²) in [6, 6.07) is 6.06. The molecule has 0 fully saturated rings. The van der Waals surface area contributed by atoms with Crippen molar-refractivity contribution in [2.75, 3.05) is 13.6 Å². The van der Waals surface area contributed by atoms with Gasteiger partial charge < -0.3 is 20.3 Å². The van der Waals surface area contributed by atoms with Crippen LogP contribution in [0.4, 0.5) is 4.79 Å². The summed E-state index contributed by atoms with van der Waals surface area (Å²) >= 11 is 0. The van der Waals surface area contributed by atoms with Crippen molar-refractivity contribution in [1.29, 1.82) is 0 Å². The lowest BCUT2D eigenvalue weighted by Gasteiger charge is -2.30. The zero-order valence-electron chi connectivity index (χ0n) is 20.1. The number of aryl methyl sites for hydroxylation is 1. The quantitative estimate of drug-likeness (QED) is 0.547. The minimum absolute atomic E-state index is 0.235. The van der Waals surface area contributed by atoms with Gasteiger partial charge in [0.05, 0.1) is 0 Å². The summed E-state index contributed by atoms with van der Waals surface area (Å²) in [4.78, 5) is 39.5. The van der Waals surface area contributed by atoms with Crippen molar-refractivity contribution in [3.05, 3.63) is 35.4 Å². The Morgan fingerprint density at radius 2 is 1.68 bits per heavy atom. The monoisotopic (exact) mass is 433 g/mol. The van der Waals surface area contributed by atoms with Gasteiger partial charge in [-0.2, -0.15) is 0 Å². The predicted octanol–water partition coefficient (Wildman–Crippen LogP) is 3.97. The van der Waals surface area contributed by atoms with Crippen LogP contribution >= 0.6 is 0 Å². The molecule has 0 saturated heterocycles. The fraction of sp³-hybridized carbons (Fsp3) is 0.625. The van der Waals surface area contributed by atoms with Gasteiger partial charge in [-0.25, -0.2) is 4.79 Å². The van der Waals surface area contributed by atoms with Crippen molar-refractivity contribution in [3.63, 3.8) is 0 Å². The van der Waals surface area contributed by atoms with Gasteiger partial charge in [-0.1, -0.05) is 51.0 Å². The van der Waals surface area contributed by atoms with Crippen molar-refractivity contribution in [1.82, 2.24) is 15.5 Å². The van der Waals surface area contributed by atoms with Crippen molar-refractivity contribution in [2.24, 2.45) is 0 Å². The van der Waals surface area contributed by atoms with Gasteiger partial charge in [-0.05, 0) is 51.7 Å². The number of benzene rings is 1. The van der Waals surface area contributed by atoms with Crippen LogP contribution < -0.4 is 10.6 Å². The Morgan fingerprint density at radius 1 is 1.06 bits per heavy atom. The molecule has 1 rings (SSSR count). The number of ether oxygens (including phenoxy) is 1. The van der Waals surface area contributed by atoms with Crippen LogP contribution in [0.2, 0.25) is 0 Å². The number of nitrogens with one attached hydrogen (secondary N) is 2. The Morgan fingerprint density at radius 3 is 2.19 bits per heavy atom. The maximum Gasteiger partial charge on any atom is 0.408 e. The van der Waals surface area contributed by atoms with E-state index in [-0.39, 0.29) is 11.8 Å². The Balaban J connectivity index is 2.99. The smallest absolute Gasteiger partial charge is 0.408 e. The minimum Gasteiger partial charge on any atom is -0.444 e. The number of rotatable bonds is 10. The van der Waals surface area contributed by atoms with Crippen LogP contribution in [0.25, 0.3) is 0 Å². The first kappa shape index (κ1) is 26.5. The van der Waals surface area contributed by atoms with Crippen LogP contribution in [-0.2, 0) is 20.7 Å². The number of carbonyl (C=O) groups excluding carboxylic acids is 3. The van der Waals surface area contributed by atoms with Crippen LogP contribution in [0.1, 0.15) is 78.0 Å². The summed E-state index contributed by atoms with van der Waals surface area (Å²) < 4.78 is 5.23. The summed E-state index contributed by atoms with van der Waals surface area (Å²) in [5.74, 6) is -0.611. The first-order chi connectivity index (χ1) is 14.5. The molecule has 3 amide bonds. The summed E-state index contributed by atoms with van der Waals surface area (Å²) in [6.45, 7) is 11.6. The van der Waals surface area contributed by atoms with E-state index >= 15 is 0 Å². The summed E-state index contributed by atoms with van der Waals surface area (Å²) in [5, 5.41) is 5.50. The van der Waals surface area contributed by atoms with Crippen LogP contribution in [-0.4, -0.2) is 48.0 Å². The van der Waals surface area contributed by atoms with E-state index in [1.54, 1.807) is 34.7 Å². The maximum absolute atomic E-state index is 13.0. The number of hydrogen-bond donors (Lipinski definition) is 2. The van der Waals surface area contributed by atoms with E-state index in [1.807, 2.05) is 24.3 Å². The molecule has 7 heteroatoms. The van der Waals surface area contributed by atoms with Crippen molar-refractivity contribution < 1.29 is 19.1 Å². The molecule has 0 spiro atoms. The normalized spacial score (nSPS) is 13.1. The molecule has 2 atom stereocenters. The van der Waals surface area contributed by atoms with E-state index in [9.17, 15) is 14.4 Å². The Kier molecular flexibility index (Phi) is 10.5. The van der Waals surface area contributed by atoms with Gasteiger partial charge >= 0.3 is 6.09 Å². The Bertz CT molecular complexity index is 725. The Hall–Kier alpha value is -2.57. The van der Waals surface area contributed by atoms with Crippen LogP contribution in [0, 0.1) is 0 Å². The largest absolute Gasteiger partial charge is 0.444 e. The van der Waals surface area contributed by atoms with Gasteiger partial charge in [-0.3, -0.25) is 9.59 Å². The van der Waals surface area contributed by atoms with Crippen LogP contribution in [0.3, 0.4) is 0 Å². The van der Waals surface area contributed by atoms with Crippen molar-refractivity contribution in [3.8, 4) is 0 Å². The third-order valence-corrected chi connectivity index (χ3v) is 4.87. The molecule has 1 aromatic rings. The number of carbonyl (C=O) groups is 3. The predicted molar refractivity (Wildman–Crippen MR) is 123 cm³/mol. The van der Waals surface area contributed by atoms with Crippen molar-refractivity contribution >= 4 is 17.9 Å². The average Bonchev–Trinajstić information content (AvgIpc) is 2.69. The molecule has 1 aromatic carbocycles. The molecule has 2 unspecified atom stereocenters. The van der Waals surface area contributed by atoms with Crippen LogP contribution in [0.15, 0.2) is 24.3 Å². The number of amides is 3. The van der Waals surface area contributed by atoms with Crippen molar-refractivity contribution in [2.45, 2.75) is 84.9 Å². The minimum atomic E-state index is -0.842. The van der Waals surface area contributed by atoms with Gasteiger partial charge in [0, 0.05) is 13.6 Å².